The molecule has 0 saturated heterocycles. The van der Waals surface area contributed by atoms with E-state index in [1.807, 2.05) is 42.5 Å². The highest BCUT2D eigenvalue weighted by molar-refractivity contribution is 6.16. The van der Waals surface area contributed by atoms with Gasteiger partial charge in [-0.15, -0.1) is 10.2 Å². The molecule has 10 heteroatoms. The average Bonchev–Trinajstić information content (AvgIpc) is 3.56. The molecular formula is C28H18N8O2. The molecule has 0 aliphatic heterocycles. The molecular weight excluding hydrogens is 480 g/mol. The van der Waals surface area contributed by atoms with Gasteiger partial charge in [0.1, 0.15) is 5.69 Å². The molecule has 0 bridgehead atoms. The molecule has 0 spiro atoms. The molecule has 0 radical (unpaired) electrons. The third-order valence-electron chi connectivity index (χ3n) is 5.94. The standard InChI is InChI=1S/C28H18N8O2/c1-29-23-16-30-36(28-32-20-13-7-8-14-21(20)33-28)26(23)35-34-22-15-17-9-5-6-12-19(17)24(25(22)37)27(38)31-18-10-3-2-4-11-18/h2-16,37H,(H,31,38)(H,32,33). The van der Waals surface area contributed by atoms with E-state index in [0.717, 1.165) is 11.0 Å². The number of rotatable bonds is 5. The molecule has 38 heavy (non-hydrogen) atoms. The van der Waals surface area contributed by atoms with Crippen molar-refractivity contribution in [3.8, 4) is 11.7 Å². The van der Waals surface area contributed by atoms with Gasteiger partial charge < -0.3 is 15.4 Å². The van der Waals surface area contributed by atoms with Crippen LogP contribution in [-0.2, 0) is 0 Å². The smallest absolute Gasteiger partial charge is 0.260 e. The van der Waals surface area contributed by atoms with E-state index in [4.69, 9.17) is 6.57 Å². The number of hydrogen-bond donors (Lipinski definition) is 3. The summed E-state index contributed by atoms with van der Waals surface area (Å²) in [5.74, 6) is -0.334. The second kappa shape index (κ2) is 9.33. The van der Waals surface area contributed by atoms with E-state index in [1.165, 1.54) is 10.9 Å². The van der Waals surface area contributed by atoms with Crippen molar-refractivity contribution < 1.29 is 9.90 Å². The van der Waals surface area contributed by atoms with Gasteiger partial charge in [0, 0.05) is 5.69 Å². The van der Waals surface area contributed by atoms with Gasteiger partial charge in [0.05, 0.1) is 29.4 Å². The van der Waals surface area contributed by atoms with Crippen LogP contribution in [0.3, 0.4) is 0 Å². The molecule has 6 rings (SSSR count). The van der Waals surface area contributed by atoms with Crippen LogP contribution in [0.25, 0.3) is 32.6 Å². The zero-order valence-electron chi connectivity index (χ0n) is 19.7. The van der Waals surface area contributed by atoms with Gasteiger partial charge in [-0.1, -0.05) is 54.6 Å². The summed E-state index contributed by atoms with van der Waals surface area (Å²) in [6.07, 6.45) is 1.37. The van der Waals surface area contributed by atoms with Crippen molar-refractivity contribution >= 4 is 50.6 Å². The van der Waals surface area contributed by atoms with Crippen molar-refractivity contribution in [3.05, 3.63) is 108 Å². The summed E-state index contributed by atoms with van der Waals surface area (Å²) in [4.78, 5) is 24.4. The highest BCUT2D eigenvalue weighted by Crippen LogP contribution is 2.39. The van der Waals surface area contributed by atoms with Crippen molar-refractivity contribution in [2.45, 2.75) is 0 Å². The lowest BCUT2D eigenvalue weighted by Gasteiger charge is -2.12. The SMILES string of the molecule is [C-]#[N+]c1cnn(-c2nc3ccccc3[nH]2)c1N=Nc1cc2ccccc2c(C(=O)Nc2ccccc2)c1O. The number of para-hydroxylation sites is 3. The molecule has 4 aromatic carbocycles. The highest BCUT2D eigenvalue weighted by Gasteiger charge is 2.21. The van der Waals surface area contributed by atoms with Crippen LogP contribution in [-0.4, -0.2) is 30.8 Å². The monoisotopic (exact) mass is 498 g/mol. The minimum atomic E-state index is -0.490. The molecule has 2 heterocycles. The van der Waals surface area contributed by atoms with E-state index in [-0.39, 0.29) is 28.5 Å². The summed E-state index contributed by atoms with van der Waals surface area (Å²) >= 11 is 0. The predicted molar refractivity (Wildman–Crippen MR) is 144 cm³/mol. The first-order chi connectivity index (χ1) is 18.6. The van der Waals surface area contributed by atoms with E-state index >= 15 is 0 Å². The summed E-state index contributed by atoms with van der Waals surface area (Å²) < 4.78 is 1.37. The Kier molecular flexibility index (Phi) is 5.56. The maximum absolute atomic E-state index is 13.2. The first-order valence-corrected chi connectivity index (χ1v) is 11.6. The molecule has 0 fully saturated rings. The van der Waals surface area contributed by atoms with Crippen LogP contribution in [0.1, 0.15) is 10.4 Å². The van der Waals surface area contributed by atoms with Crippen molar-refractivity contribution in [2.24, 2.45) is 10.2 Å². The third kappa shape index (κ3) is 4.00. The molecule has 3 N–H and O–H groups in total. The number of phenols is 1. The van der Waals surface area contributed by atoms with Gasteiger partial charge in [0.25, 0.3) is 11.6 Å². The number of nitrogens with zero attached hydrogens (tertiary/aromatic N) is 6. The normalized spacial score (nSPS) is 11.2. The van der Waals surface area contributed by atoms with Crippen molar-refractivity contribution in [3.63, 3.8) is 0 Å². The molecule has 0 atom stereocenters. The fourth-order valence-corrected chi connectivity index (χ4v) is 4.14. The third-order valence-corrected chi connectivity index (χ3v) is 5.94. The lowest BCUT2D eigenvalue weighted by molar-refractivity contribution is 0.102. The van der Waals surface area contributed by atoms with Gasteiger partial charge in [-0.2, -0.15) is 9.78 Å². The fraction of sp³-hybridized carbons (Fsp3) is 0. The van der Waals surface area contributed by atoms with E-state index in [0.29, 0.717) is 22.4 Å². The first kappa shape index (κ1) is 22.6. The van der Waals surface area contributed by atoms with Gasteiger partial charge in [0.2, 0.25) is 5.95 Å². The lowest BCUT2D eigenvalue weighted by atomic mass is 10.0. The van der Waals surface area contributed by atoms with E-state index in [2.05, 4.69) is 35.5 Å². The molecule has 0 aliphatic rings. The van der Waals surface area contributed by atoms with Crippen LogP contribution < -0.4 is 5.32 Å². The summed E-state index contributed by atoms with van der Waals surface area (Å²) in [6, 6.07) is 25.3. The summed E-state index contributed by atoms with van der Waals surface area (Å²) in [5, 5.41) is 28.0. The van der Waals surface area contributed by atoms with Crippen LogP contribution >= 0.6 is 0 Å². The van der Waals surface area contributed by atoms with Crippen molar-refractivity contribution in [1.29, 1.82) is 0 Å². The zero-order chi connectivity index (χ0) is 26.1. The zero-order valence-corrected chi connectivity index (χ0v) is 19.7. The van der Waals surface area contributed by atoms with Crippen LogP contribution in [0.15, 0.2) is 101 Å². The number of fused-ring (bicyclic) bond motifs is 2. The van der Waals surface area contributed by atoms with Crippen molar-refractivity contribution in [2.75, 3.05) is 5.32 Å². The van der Waals surface area contributed by atoms with Gasteiger partial charge in [-0.25, -0.2) is 9.83 Å². The Morgan fingerprint density at radius 3 is 2.58 bits per heavy atom. The maximum atomic E-state index is 13.2. The number of azo groups is 1. The number of nitrogens with one attached hydrogen (secondary N) is 2. The molecule has 182 valence electrons. The lowest BCUT2D eigenvalue weighted by Crippen LogP contribution is -2.12. The second-order valence-electron chi connectivity index (χ2n) is 8.32. The molecule has 1 amide bonds. The minimum Gasteiger partial charge on any atom is -0.505 e. The Labute approximate surface area is 215 Å². The maximum Gasteiger partial charge on any atom is 0.260 e. The summed E-state index contributed by atoms with van der Waals surface area (Å²) in [6.45, 7) is 7.54. The van der Waals surface area contributed by atoms with Crippen LogP contribution in [0.5, 0.6) is 5.75 Å². The Hall–Kier alpha value is -5.82. The molecule has 0 saturated carbocycles. The first-order valence-electron chi connectivity index (χ1n) is 11.6. The van der Waals surface area contributed by atoms with Crippen molar-refractivity contribution in [1.82, 2.24) is 19.7 Å². The summed E-state index contributed by atoms with van der Waals surface area (Å²) in [5.41, 5.74) is 2.39. The number of benzene rings is 4. The van der Waals surface area contributed by atoms with Crippen LogP contribution in [0, 0.1) is 6.57 Å². The van der Waals surface area contributed by atoms with E-state index in [9.17, 15) is 9.90 Å². The number of H-pyrrole nitrogens is 1. The highest BCUT2D eigenvalue weighted by atomic mass is 16.3. The fourth-order valence-electron chi connectivity index (χ4n) is 4.14. The number of aromatic amines is 1. The van der Waals surface area contributed by atoms with Crippen LogP contribution in [0.4, 0.5) is 22.9 Å². The number of aromatic hydroxyl groups is 1. The van der Waals surface area contributed by atoms with Gasteiger partial charge in [0.15, 0.2) is 11.6 Å². The number of carbonyl (C=O) groups excluding carboxylic acids is 1. The molecule has 0 unspecified atom stereocenters. The molecule has 10 nitrogen and oxygen atoms in total. The Morgan fingerprint density at radius 2 is 1.76 bits per heavy atom. The topological polar surface area (TPSA) is 125 Å². The quantitative estimate of drug-likeness (QED) is 0.178. The summed E-state index contributed by atoms with van der Waals surface area (Å²) in [7, 11) is 0. The van der Waals surface area contributed by atoms with Gasteiger partial charge >= 0.3 is 0 Å². The number of anilines is 1. The molecule has 0 aliphatic carbocycles. The molecule has 6 aromatic rings. The number of hydrogen-bond acceptors (Lipinski definition) is 6. The van der Waals surface area contributed by atoms with Gasteiger partial charge in [-0.3, -0.25) is 4.79 Å². The van der Waals surface area contributed by atoms with E-state index in [1.54, 1.807) is 42.5 Å². The number of aromatic nitrogens is 4. The average molecular weight is 499 g/mol. The molecule has 2 aromatic heterocycles. The number of phenolic OH excluding ortho intramolecular Hbond substituents is 1. The Bertz CT molecular complexity index is 1860. The van der Waals surface area contributed by atoms with Gasteiger partial charge in [-0.05, 0) is 41.1 Å². The minimum absolute atomic E-state index is 0.0650. The van der Waals surface area contributed by atoms with Crippen LogP contribution in [0.2, 0.25) is 0 Å². The Morgan fingerprint density at radius 1 is 1.00 bits per heavy atom. The number of amides is 1. The number of carbonyl (C=O) groups is 1. The van der Waals surface area contributed by atoms with E-state index < -0.39 is 5.91 Å². The Balaban J connectivity index is 1.44. The largest absolute Gasteiger partial charge is 0.505 e. The second-order valence-corrected chi connectivity index (χ2v) is 8.32. The predicted octanol–water partition coefficient (Wildman–Crippen LogP) is 6.83. The number of imidazole rings is 1.